The van der Waals surface area contributed by atoms with Gasteiger partial charge in [0.05, 0.1) is 36.9 Å². The molecular formula is C29H26N6O8S. The Bertz CT molecular complexity index is 1620. The summed E-state index contributed by atoms with van der Waals surface area (Å²) < 4.78 is 10.9. The molecule has 226 valence electrons. The second-order valence-electron chi connectivity index (χ2n) is 10.3. The van der Waals surface area contributed by atoms with Crippen molar-refractivity contribution in [1.29, 1.82) is 0 Å². The van der Waals surface area contributed by atoms with Gasteiger partial charge in [0.1, 0.15) is 23.8 Å². The number of hydrogen-bond acceptors (Lipinski definition) is 10. The minimum Gasteiger partial charge on any atom is -0.463 e. The van der Waals surface area contributed by atoms with E-state index in [0.29, 0.717) is 11.3 Å². The van der Waals surface area contributed by atoms with E-state index in [1.165, 1.54) is 51.6 Å². The molecule has 3 aliphatic heterocycles. The molecule has 14 nitrogen and oxygen atoms in total. The van der Waals surface area contributed by atoms with Crippen LogP contribution < -0.4 is 5.32 Å². The molecule has 2 aromatic carbocycles. The lowest BCUT2D eigenvalue weighted by atomic mass is 10.0. The van der Waals surface area contributed by atoms with E-state index in [0.717, 1.165) is 17.3 Å². The average Bonchev–Trinajstić information content (AvgIpc) is 3.77. The van der Waals surface area contributed by atoms with Crippen LogP contribution in [0.15, 0.2) is 82.5 Å². The predicted molar refractivity (Wildman–Crippen MR) is 156 cm³/mol. The van der Waals surface area contributed by atoms with Gasteiger partial charge in [-0.2, -0.15) is 5.10 Å². The first kappa shape index (κ1) is 28.9. The van der Waals surface area contributed by atoms with Crippen LogP contribution in [0.1, 0.15) is 16.9 Å². The molecule has 6 rings (SSSR count). The average molecular weight is 619 g/mol. The molecule has 0 unspecified atom stereocenters. The molecule has 0 spiro atoms. The lowest BCUT2D eigenvalue weighted by molar-refractivity contribution is -0.384. The fourth-order valence-corrected chi connectivity index (χ4v) is 6.93. The number of nitrogens with zero attached hydrogens (tertiary/aromatic N) is 5. The Morgan fingerprint density at radius 2 is 1.86 bits per heavy atom. The molecule has 3 saturated heterocycles. The van der Waals surface area contributed by atoms with Gasteiger partial charge >= 0.3 is 12.0 Å². The van der Waals surface area contributed by atoms with Gasteiger partial charge < -0.3 is 19.4 Å². The van der Waals surface area contributed by atoms with Gasteiger partial charge in [0.15, 0.2) is 0 Å². The Morgan fingerprint density at radius 3 is 2.57 bits per heavy atom. The van der Waals surface area contributed by atoms with Gasteiger partial charge in [-0.1, -0.05) is 42.1 Å². The van der Waals surface area contributed by atoms with Gasteiger partial charge in [0.25, 0.3) is 5.69 Å². The molecule has 0 saturated carbocycles. The highest BCUT2D eigenvalue weighted by Gasteiger charge is 2.66. The normalized spacial score (nSPS) is 22.7. The first-order chi connectivity index (χ1) is 21.2. The Hall–Kier alpha value is -5.18. The molecule has 3 aliphatic rings. The molecule has 3 fully saturated rings. The number of nitro benzene ring substituents is 1. The van der Waals surface area contributed by atoms with E-state index in [2.05, 4.69) is 10.4 Å². The van der Waals surface area contributed by atoms with Crippen LogP contribution in [0.25, 0.3) is 0 Å². The zero-order valence-corrected chi connectivity index (χ0v) is 23.9. The number of esters is 1. The monoisotopic (exact) mass is 618 g/mol. The number of nitro groups is 1. The molecular weight excluding hydrogens is 592 g/mol. The zero-order valence-electron chi connectivity index (χ0n) is 23.1. The Morgan fingerprint density at radius 1 is 1.09 bits per heavy atom. The number of urea groups is 1. The molecule has 0 aliphatic carbocycles. The number of ether oxygens (including phenoxy) is 1. The van der Waals surface area contributed by atoms with E-state index < -0.39 is 33.2 Å². The fourth-order valence-electron chi connectivity index (χ4n) is 5.24. The topological polar surface area (TPSA) is 168 Å². The summed E-state index contributed by atoms with van der Waals surface area (Å²) in [7, 11) is 0. The summed E-state index contributed by atoms with van der Waals surface area (Å²) in [6, 6.07) is 16.6. The van der Waals surface area contributed by atoms with Crippen molar-refractivity contribution in [2.45, 2.75) is 29.3 Å². The Kier molecular flexibility index (Phi) is 7.78. The van der Waals surface area contributed by atoms with Crippen molar-refractivity contribution in [3.63, 3.8) is 0 Å². The van der Waals surface area contributed by atoms with Crippen LogP contribution in [0.2, 0.25) is 0 Å². The van der Waals surface area contributed by atoms with Gasteiger partial charge in [0, 0.05) is 18.7 Å². The summed E-state index contributed by atoms with van der Waals surface area (Å²) >= 11 is 1.07. The maximum absolute atomic E-state index is 13.9. The highest BCUT2D eigenvalue weighted by Crippen LogP contribution is 2.50. The van der Waals surface area contributed by atoms with Crippen LogP contribution in [0.3, 0.4) is 0 Å². The lowest BCUT2D eigenvalue weighted by Gasteiger charge is -2.41. The Balaban J connectivity index is 1.20. The second-order valence-corrected chi connectivity index (χ2v) is 11.7. The number of rotatable bonds is 10. The number of non-ortho nitro benzene ring substituents is 1. The molecule has 15 heteroatoms. The van der Waals surface area contributed by atoms with Gasteiger partial charge in [-0.3, -0.25) is 24.6 Å². The van der Waals surface area contributed by atoms with Crippen molar-refractivity contribution in [1.82, 2.24) is 20.1 Å². The number of β-lactam (4-membered cyclic amide) rings is 1. The van der Waals surface area contributed by atoms with Gasteiger partial charge in [-0.25, -0.2) is 14.6 Å². The third-order valence-corrected chi connectivity index (χ3v) is 9.17. The van der Waals surface area contributed by atoms with Crippen LogP contribution >= 0.6 is 11.8 Å². The molecule has 0 bridgehead atoms. The van der Waals surface area contributed by atoms with Crippen LogP contribution in [0, 0.1) is 10.1 Å². The predicted octanol–water partition coefficient (Wildman–Crippen LogP) is 2.34. The van der Waals surface area contributed by atoms with Crippen molar-refractivity contribution in [2.75, 3.05) is 19.6 Å². The third-order valence-electron chi connectivity index (χ3n) is 7.49. The SMILES string of the molecule is O=C(Cc1ccccc1)N[C@@H]1C(=O)N2C[C@@](C(=O)OCc3ccc([N+](=O)[O-])cc3)(N3CCN(/N=C/c4ccco4)C3=O)S[C@H]12. The summed E-state index contributed by atoms with van der Waals surface area (Å²) in [5.41, 5.74) is 1.18. The van der Waals surface area contributed by atoms with E-state index in [1.807, 2.05) is 30.3 Å². The first-order valence-corrected chi connectivity index (χ1v) is 14.5. The van der Waals surface area contributed by atoms with Crippen molar-refractivity contribution >= 4 is 47.5 Å². The van der Waals surface area contributed by atoms with Crippen molar-refractivity contribution in [2.24, 2.45) is 5.10 Å². The number of hydrazone groups is 1. The quantitative estimate of drug-likeness (QED) is 0.118. The molecule has 3 aromatic rings. The summed E-state index contributed by atoms with van der Waals surface area (Å²) in [4.78, 5) is 65.0. The minimum absolute atomic E-state index is 0.0810. The number of benzene rings is 2. The third kappa shape index (κ3) is 5.48. The second kappa shape index (κ2) is 11.8. The number of nitrogens with one attached hydrogen (secondary N) is 1. The number of amides is 4. The minimum atomic E-state index is -1.62. The van der Waals surface area contributed by atoms with E-state index in [1.54, 1.807) is 12.1 Å². The summed E-state index contributed by atoms with van der Waals surface area (Å²) in [6.07, 6.45) is 2.94. The maximum Gasteiger partial charge on any atom is 0.345 e. The van der Waals surface area contributed by atoms with Crippen LogP contribution in [0.5, 0.6) is 0 Å². The largest absolute Gasteiger partial charge is 0.463 e. The highest BCUT2D eigenvalue weighted by molar-refractivity contribution is 8.02. The lowest BCUT2D eigenvalue weighted by Crippen LogP contribution is -2.67. The van der Waals surface area contributed by atoms with E-state index in [-0.39, 0.29) is 50.2 Å². The van der Waals surface area contributed by atoms with Gasteiger partial charge in [0.2, 0.25) is 16.7 Å². The van der Waals surface area contributed by atoms with E-state index in [4.69, 9.17) is 9.15 Å². The first-order valence-electron chi connectivity index (χ1n) is 13.6. The summed E-state index contributed by atoms with van der Waals surface area (Å²) in [5.74, 6) is -1.03. The number of carbonyl (C=O) groups is 4. The highest BCUT2D eigenvalue weighted by atomic mass is 32.2. The molecule has 4 heterocycles. The molecule has 0 radical (unpaired) electrons. The fraction of sp³-hybridized carbons (Fsp3) is 0.276. The number of furan rings is 1. The van der Waals surface area contributed by atoms with E-state index >= 15 is 0 Å². The van der Waals surface area contributed by atoms with Gasteiger partial charge in [-0.05, 0) is 35.4 Å². The summed E-state index contributed by atoms with van der Waals surface area (Å²) in [6.45, 7) is -0.0677. The molecule has 3 atom stereocenters. The van der Waals surface area contributed by atoms with Crippen LogP contribution in [-0.4, -0.2) is 85.7 Å². The number of fused-ring (bicyclic) bond motifs is 1. The summed E-state index contributed by atoms with van der Waals surface area (Å²) in [5, 5.41) is 18.6. The molecule has 1 N–H and O–H groups in total. The number of carbonyl (C=O) groups excluding carboxylic acids is 4. The van der Waals surface area contributed by atoms with Crippen LogP contribution in [0.4, 0.5) is 10.5 Å². The van der Waals surface area contributed by atoms with E-state index in [9.17, 15) is 29.3 Å². The standard InChI is InChI=1S/C29H26N6O8S/c36-23(15-19-5-2-1-3-6-19)31-24-25(37)32-18-29(44-26(24)32,27(38)43-17-20-8-10-21(11-9-20)35(40)41)33-12-13-34(28(33)39)30-16-22-7-4-14-42-22/h1-11,14,16,24,26H,12-13,15,17-18H2,(H,31,36)/b30-16+/t24-,26-,29-/m1/s1. The van der Waals surface area contributed by atoms with Gasteiger partial charge in [-0.15, -0.1) is 0 Å². The van der Waals surface area contributed by atoms with Crippen molar-refractivity contribution < 1.29 is 33.3 Å². The smallest absolute Gasteiger partial charge is 0.345 e. The van der Waals surface area contributed by atoms with Crippen molar-refractivity contribution in [3.05, 3.63) is 100.0 Å². The number of thioether (sulfide) groups is 1. The van der Waals surface area contributed by atoms with Crippen LogP contribution in [-0.2, 0) is 32.1 Å². The number of hydrogen-bond donors (Lipinski definition) is 1. The Labute approximate surface area is 254 Å². The molecule has 44 heavy (non-hydrogen) atoms. The molecule has 1 aromatic heterocycles. The molecule has 4 amide bonds. The van der Waals surface area contributed by atoms with Crippen molar-refractivity contribution in [3.8, 4) is 0 Å². The zero-order chi connectivity index (χ0) is 30.8. The maximum atomic E-state index is 13.9.